The molecule has 108 valence electrons. The Morgan fingerprint density at radius 2 is 1.67 bits per heavy atom. The predicted octanol–water partition coefficient (Wildman–Crippen LogP) is 3.77. The quantitative estimate of drug-likeness (QED) is 0.727. The van der Waals surface area contributed by atoms with Gasteiger partial charge in [0.2, 0.25) is 0 Å². The molecule has 0 saturated carbocycles. The second-order valence-corrected chi connectivity index (χ2v) is 5.86. The molecule has 0 saturated heterocycles. The van der Waals surface area contributed by atoms with Crippen LogP contribution < -0.4 is 4.90 Å². The van der Waals surface area contributed by atoms with Gasteiger partial charge in [0, 0.05) is 26.3 Å². The molecule has 0 amide bonds. The molecule has 3 aromatic rings. The molecule has 21 heavy (non-hydrogen) atoms. The monoisotopic (exact) mass is 279 g/mol. The summed E-state index contributed by atoms with van der Waals surface area (Å²) in [4.78, 5) is 6.63. The number of hydrogen-bond acceptors (Lipinski definition) is 2. The van der Waals surface area contributed by atoms with Crippen molar-refractivity contribution < 1.29 is 0 Å². The van der Waals surface area contributed by atoms with Crippen LogP contribution in [0.3, 0.4) is 0 Å². The molecule has 0 bridgehead atoms. The molecular weight excluding hydrogens is 258 g/mol. The molecule has 3 nitrogen and oxygen atoms in total. The van der Waals surface area contributed by atoms with E-state index in [1.54, 1.807) is 0 Å². The Kier molecular flexibility index (Phi) is 3.42. The Bertz CT molecular complexity index is 767. The maximum Gasteiger partial charge on any atom is 0.0961 e. The van der Waals surface area contributed by atoms with Crippen LogP contribution in [0, 0.1) is 13.8 Å². The van der Waals surface area contributed by atoms with Gasteiger partial charge >= 0.3 is 0 Å². The number of fused-ring (bicyclic) bond motifs is 1. The first-order chi connectivity index (χ1) is 10.0. The predicted molar refractivity (Wildman–Crippen MR) is 89.1 cm³/mol. The lowest BCUT2D eigenvalue weighted by Crippen LogP contribution is -2.08. The van der Waals surface area contributed by atoms with Crippen molar-refractivity contribution in [3.05, 3.63) is 59.4 Å². The third kappa shape index (κ3) is 2.64. The topological polar surface area (TPSA) is 21.1 Å². The van der Waals surface area contributed by atoms with Gasteiger partial charge in [-0.2, -0.15) is 0 Å². The lowest BCUT2D eigenvalue weighted by atomic mass is 10.1. The summed E-state index contributed by atoms with van der Waals surface area (Å²) in [6.07, 6.45) is 1.93. The highest BCUT2D eigenvalue weighted by molar-refractivity contribution is 5.77. The minimum absolute atomic E-state index is 0.854. The number of benzene rings is 2. The molecule has 0 aliphatic rings. The normalized spacial score (nSPS) is 11.0. The van der Waals surface area contributed by atoms with Gasteiger partial charge in [0.25, 0.3) is 0 Å². The third-order valence-electron chi connectivity index (χ3n) is 4.04. The van der Waals surface area contributed by atoms with Gasteiger partial charge in [0.1, 0.15) is 0 Å². The Morgan fingerprint density at radius 1 is 1.00 bits per heavy atom. The molecule has 0 fully saturated rings. The average molecular weight is 279 g/mol. The van der Waals surface area contributed by atoms with Gasteiger partial charge in [-0.3, -0.25) is 0 Å². The molecule has 0 atom stereocenters. The van der Waals surface area contributed by atoms with E-state index in [9.17, 15) is 0 Å². The molecule has 0 radical (unpaired) electrons. The fraction of sp³-hybridized carbons (Fsp3) is 0.278. The number of hydrogen-bond donors (Lipinski definition) is 0. The van der Waals surface area contributed by atoms with Gasteiger partial charge < -0.3 is 9.47 Å². The Morgan fingerprint density at radius 3 is 2.33 bits per heavy atom. The molecular formula is C18H21N3. The molecule has 1 aromatic heterocycles. The average Bonchev–Trinajstić information content (AvgIpc) is 2.82. The fourth-order valence-corrected chi connectivity index (χ4v) is 2.54. The highest BCUT2D eigenvalue weighted by Gasteiger charge is 2.06. The Labute approximate surface area is 125 Å². The van der Waals surface area contributed by atoms with Crippen LogP contribution in [-0.2, 0) is 6.54 Å². The van der Waals surface area contributed by atoms with Gasteiger partial charge in [-0.05, 0) is 54.8 Å². The van der Waals surface area contributed by atoms with Crippen molar-refractivity contribution in [2.75, 3.05) is 19.0 Å². The van der Waals surface area contributed by atoms with Crippen LogP contribution in [0.25, 0.3) is 11.0 Å². The van der Waals surface area contributed by atoms with Gasteiger partial charge in [-0.1, -0.05) is 12.1 Å². The third-order valence-corrected chi connectivity index (χ3v) is 4.04. The van der Waals surface area contributed by atoms with E-state index >= 15 is 0 Å². The van der Waals surface area contributed by atoms with Crippen molar-refractivity contribution in [2.45, 2.75) is 20.4 Å². The number of rotatable bonds is 3. The van der Waals surface area contributed by atoms with E-state index < -0.39 is 0 Å². The van der Waals surface area contributed by atoms with Crippen molar-refractivity contribution in [2.24, 2.45) is 0 Å². The van der Waals surface area contributed by atoms with Crippen molar-refractivity contribution >= 4 is 16.7 Å². The highest BCUT2D eigenvalue weighted by atomic mass is 15.1. The molecule has 2 aromatic carbocycles. The zero-order valence-electron chi connectivity index (χ0n) is 13.1. The zero-order valence-corrected chi connectivity index (χ0v) is 13.1. The zero-order chi connectivity index (χ0) is 15.0. The van der Waals surface area contributed by atoms with Crippen LogP contribution in [0.4, 0.5) is 5.69 Å². The minimum atomic E-state index is 0.854. The largest absolute Gasteiger partial charge is 0.378 e. The number of anilines is 1. The van der Waals surface area contributed by atoms with Crippen molar-refractivity contribution in [1.82, 2.24) is 9.55 Å². The minimum Gasteiger partial charge on any atom is -0.378 e. The lowest BCUT2D eigenvalue weighted by molar-refractivity contribution is 0.824. The van der Waals surface area contributed by atoms with E-state index in [1.807, 2.05) is 6.33 Å². The van der Waals surface area contributed by atoms with E-state index in [-0.39, 0.29) is 0 Å². The SMILES string of the molecule is Cc1cc2ncn(Cc3ccc(N(C)C)cc3)c2cc1C. The summed E-state index contributed by atoms with van der Waals surface area (Å²) in [5.74, 6) is 0. The van der Waals surface area contributed by atoms with Crippen LogP contribution in [0.1, 0.15) is 16.7 Å². The molecule has 0 aliphatic carbocycles. The first-order valence-corrected chi connectivity index (χ1v) is 7.23. The van der Waals surface area contributed by atoms with Gasteiger partial charge in [0.05, 0.1) is 17.4 Å². The fourth-order valence-electron chi connectivity index (χ4n) is 2.54. The summed E-state index contributed by atoms with van der Waals surface area (Å²) in [6, 6.07) is 13.1. The molecule has 3 rings (SSSR count). The number of imidazole rings is 1. The summed E-state index contributed by atoms with van der Waals surface area (Å²) in [7, 11) is 4.12. The van der Waals surface area contributed by atoms with Crippen LogP contribution in [0.15, 0.2) is 42.7 Å². The lowest BCUT2D eigenvalue weighted by Gasteiger charge is -2.13. The van der Waals surface area contributed by atoms with Crippen molar-refractivity contribution in [3.63, 3.8) is 0 Å². The van der Waals surface area contributed by atoms with Gasteiger partial charge in [0.15, 0.2) is 0 Å². The van der Waals surface area contributed by atoms with E-state index in [0.29, 0.717) is 0 Å². The summed E-state index contributed by atoms with van der Waals surface area (Å²) < 4.78 is 2.21. The molecule has 0 unspecified atom stereocenters. The summed E-state index contributed by atoms with van der Waals surface area (Å²) in [6.45, 7) is 5.14. The second-order valence-electron chi connectivity index (χ2n) is 5.86. The number of nitrogens with zero attached hydrogens (tertiary/aromatic N) is 3. The summed E-state index contributed by atoms with van der Waals surface area (Å²) in [5.41, 5.74) is 7.40. The molecule has 3 heteroatoms. The van der Waals surface area contributed by atoms with Crippen molar-refractivity contribution in [1.29, 1.82) is 0 Å². The Balaban J connectivity index is 1.92. The molecule has 1 heterocycles. The van der Waals surface area contributed by atoms with Gasteiger partial charge in [-0.25, -0.2) is 4.98 Å². The second kappa shape index (κ2) is 5.24. The van der Waals surface area contributed by atoms with E-state index in [4.69, 9.17) is 0 Å². The highest BCUT2D eigenvalue weighted by Crippen LogP contribution is 2.20. The van der Waals surface area contributed by atoms with E-state index in [1.165, 1.54) is 27.9 Å². The van der Waals surface area contributed by atoms with Crippen LogP contribution in [0.5, 0.6) is 0 Å². The first-order valence-electron chi connectivity index (χ1n) is 7.23. The maximum absolute atomic E-state index is 4.52. The van der Waals surface area contributed by atoms with Crippen LogP contribution >= 0.6 is 0 Å². The smallest absolute Gasteiger partial charge is 0.0961 e. The van der Waals surface area contributed by atoms with Crippen molar-refractivity contribution in [3.8, 4) is 0 Å². The molecule has 0 aliphatic heterocycles. The summed E-state index contributed by atoms with van der Waals surface area (Å²) >= 11 is 0. The summed E-state index contributed by atoms with van der Waals surface area (Å²) in [5, 5.41) is 0. The van der Waals surface area contributed by atoms with Crippen LogP contribution in [-0.4, -0.2) is 23.6 Å². The standard InChI is InChI=1S/C18H21N3/c1-13-9-17-18(10-14(13)2)21(12-19-17)11-15-5-7-16(8-6-15)20(3)4/h5-10,12H,11H2,1-4H3. The van der Waals surface area contributed by atoms with E-state index in [0.717, 1.165) is 12.1 Å². The first kappa shape index (κ1) is 13.7. The Hall–Kier alpha value is -2.29. The maximum atomic E-state index is 4.52. The van der Waals surface area contributed by atoms with E-state index in [2.05, 4.69) is 78.8 Å². The number of aryl methyl sites for hydroxylation is 2. The molecule has 0 N–H and O–H groups in total. The number of aromatic nitrogens is 2. The van der Waals surface area contributed by atoms with Gasteiger partial charge in [-0.15, -0.1) is 0 Å². The molecule has 0 spiro atoms. The van der Waals surface area contributed by atoms with Crippen LogP contribution in [0.2, 0.25) is 0 Å².